The molecule has 0 saturated carbocycles. The second-order valence-electron chi connectivity index (χ2n) is 7.26. The van der Waals surface area contributed by atoms with E-state index in [-0.39, 0.29) is 24.3 Å². The first-order chi connectivity index (χ1) is 14.8. The molecule has 31 heavy (non-hydrogen) atoms. The number of ketones is 1. The minimum absolute atomic E-state index is 0.000167. The molecule has 1 aliphatic rings. The third-order valence-electron chi connectivity index (χ3n) is 5.13. The number of unbranched alkanes of at least 4 members (excludes halogenated alkanes) is 2. The van der Waals surface area contributed by atoms with Crippen LogP contribution in [0.4, 0.5) is 0 Å². The van der Waals surface area contributed by atoms with E-state index in [1.54, 1.807) is 48.5 Å². The Morgan fingerprint density at radius 2 is 1.45 bits per heavy atom. The summed E-state index contributed by atoms with van der Waals surface area (Å²) in [5.41, 5.74) is 1.02. The summed E-state index contributed by atoms with van der Waals surface area (Å²) in [7, 11) is 0. The zero-order valence-electron chi connectivity index (χ0n) is 16.6. The van der Waals surface area contributed by atoms with Gasteiger partial charge in [0.2, 0.25) is 0 Å². The van der Waals surface area contributed by atoms with E-state index < -0.39 is 23.7 Å². The van der Waals surface area contributed by atoms with Crippen molar-refractivity contribution in [1.82, 2.24) is 4.90 Å². The van der Waals surface area contributed by atoms with Gasteiger partial charge in [-0.3, -0.25) is 14.4 Å². The molecular weight excluding hydrogens is 441 g/mol. The topological polar surface area (TPSA) is 94.9 Å². The zero-order valence-corrected chi connectivity index (χ0v) is 18.1. The number of likely N-dealkylation sites (tertiary alicyclic amines) is 1. The number of carboxylic acid groups (broad SMARTS) is 1. The molecule has 0 bridgehead atoms. The molecule has 2 N–H and O–H groups in total. The number of halogens is 2. The summed E-state index contributed by atoms with van der Waals surface area (Å²) in [5.74, 6) is -2.61. The Labute approximate surface area is 189 Å². The molecule has 1 aliphatic heterocycles. The molecular formula is C23H21Cl2NO5. The van der Waals surface area contributed by atoms with Crippen LogP contribution in [-0.4, -0.2) is 39.3 Å². The van der Waals surface area contributed by atoms with Crippen molar-refractivity contribution < 1.29 is 24.6 Å². The molecule has 1 saturated heterocycles. The van der Waals surface area contributed by atoms with Gasteiger partial charge in [0.1, 0.15) is 5.76 Å². The van der Waals surface area contributed by atoms with Crippen LogP contribution in [0.25, 0.3) is 5.76 Å². The van der Waals surface area contributed by atoms with Crippen LogP contribution in [-0.2, 0) is 14.4 Å². The van der Waals surface area contributed by atoms with Gasteiger partial charge in [-0.05, 0) is 54.8 Å². The largest absolute Gasteiger partial charge is 0.507 e. The van der Waals surface area contributed by atoms with Gasteiger partial charge in [-0.1, -0.05) is 41.8 Å². The van der Waals surface area contributed by atoms with Gasteiger partial charge < -0.3 is 15.1 Å². The first-order valence-corrected chi connectivity index (χ1v) is 10.6. The molecule has 8 heteroatoms. The third kappa shape index (κ3) is 5.27. The van der Waals surface area contributed by atoms with Crippen molar-refractivity contribution in [3.05, 3.63) is 75.3 Å². The highest BCUT2D eigenvalue weighted by molar-refractivity contribution is 6.46. The summed E-state index contributed by atoms with van der Waals surface area (Å²) in [6.07, 6.45) is 1.66. The monoisotopic (exact) mass is 461 g/mol. The molecule has 3 rings (SSSR count). The number of hydrogen-bond acceptors (Lipinski definition) is 4. The van der Waals surface area contributed by atoms with E-state index in [1.807, 2.05) is 0 Å². The number of aliphatic carboxylic acids is 1. The number of amides is 1. The molecule has 1 heterocycles. The van der Waals surface area contributed by atoms with Gasteiger partial charge in [0, 0.05) is 28.6 Å². The highest BCUT2D eigenvalue weighted by Crippen LogP contribution is 2.40. The quantitative estimate of drug-likeness (QED) is 0.248. The van der Waals surface area contributed by atoms with Crippen LogP contribution in [0.3, 0.4) is 0 Å². The molecule has 1 amide bonds. The van der Waals surface area contributed by atoms with Crippen LogP contribution >= 0.6 is 23.2 Å². The average molecular weight is 462 g/mol. The molecule has 6 nitrogen and oxygen atoms in total. The molecule has 162 valence electrons. The highest BCUT2D eigenvalue weighted by atomic mass is 35.5. The number of carbonyl (C=O) groups is 3. The van der Waals surface area contributed by atoms with Crippen LogP contribution in [0.15, 0.2) is 54.1 Å². The van der Waals surface area contributed by atoms with Gasteiger partial charge >= 0.3 is 5.97 Å². The summed E-state index contributed by atoms with van der Waals surface area (Å²) in [6, 6.07) is 12.3. The first kappa shape index (κ1) is 22.8. The molecule has 1 atom stereocenters. The fourth-order valence-electron chi connectivity index (χ4n) is 3.60. The van der Waals surface area contributed by atoms with Gasteiger partial charge in [-0.2, -0.15) is 0 Å². The SMILES string of the molecule is O=C(O)CCCCCN1C(=O)C(=O)/C(=C(/O)c2ccc(Cl)cc2)[C@H]1c1ccc(Cl)cc1. The van der Waals surface area contributed by atoms with E-state index in [9.17, 15) is 19.5 Å². The Morgan fingerprint density at radius 1 is 0.871 bits per heavy atom. The summed E-state index contributed by atoms with van der Waals surface area (Å²) in [4.78, 5) is 37.8. The smallest absolute Gasteiger partial charge is 0.303 e. The Hall–Kier alpha value is -2.83. The van der Waals surface area contributed by atoms with Gasteiger partial charge in [0.15, 0.2) is 0 Å². The molecule has 0 aromatic heterocycles. The van der Waals surface area contributed by atoms with Crippen LogP contribution in [0.5, 0.6) is 0 Å². The van der Waals surface area contributed by atoms with Crippen molar-refractivity contribution >= 4 is 46.6 Å². The number of aliphatic hydroxyl groups excluding tert-OH is 1. The Balaban J connectivity index is 1.96. The predicted molar refractivity (Wildman–Crippen MR) is 118 cm³/mol. The normalized spacial score (nSPS) is 17.9. The maximum Gasteiger partial charge on any atom is 0.303 e. The van der Waals surface area contributed by atoms with Gasteiger partial charge in [0.25, 0.3) is 11.7 Å². The average Bonchev–Trinajstić information content (AvgIpc) is 2.99. The van der Waals surface area contributed by atoms with Gasteiger partial charge in [0.05, 0.1) is 11.6 Å². The van der Waals surface area contributed by atoms with E-state index in [1.165, 1.54) is 4.90 Å². The van der Waals surface area contributed by atoms with E-state index in [2.05, 4.69) is 0 Å². The van der Waals surface area contributed by atoms with E-state index in [0.29, 0.717) is 40.4 Å². The lowest BCUT2D eigenvalue weighted by molar-refractivity contribution is -0.140. The van der Waals surface area contributed by atoms with Crippen molar-refractivity contribution in [2.24, 2.45) is 0 Å². The van der Waals surface area contributed by atoms with Crippen molar-refractivity contribution in [2.75, 3.05) is 6.54 Å². The highest BCUT2D eigenvalue weighted by Gasteiger charge is 2.45. The number of benzene rings is 2. The maximum atomic E-state index is 12.9. The standard InChI is InChI=1S/C23H21Cl2NO5/c24-16-9-5-14(6-10-16)20-19(21(29)15-7-11-17(25)12-8-15)22(30)23(31)26(20)13-3-1-2-4-18(27)28/h5-12,20,29H,1-4,13H2,(H,27,28)/b21-19+/t20-/m1/s1. The molecule has 0 unspecified atom stereocenters. The number of nitrogens with zero attached hydrogens (tertiary/aromatic N) is 1. The molecule has 2 aromatic carbocycles. The number of carboxylic acids is 1. The minimum atomic E-state index is -0.871. The van der Waals surface area contributed by atoms with Crippen LogP contribution < -0.4 is 0 Å². The van der Waals surface area contributed by atoms with E-state index >= 15 is 0 Å². The molecule has 1 fully saturated rings. The van der Waals surface area contributed by atoms with Crippen molar-refractivity contribution in [1.29, 1.82) is 0 Å². The van der Waals surface area contributed by atoms with Crippen LogP contribution in [0, 0.1) is 0 Å². The van der Waals surface area contributed by atoms with Crippen molar-refractivity contribution in [2.45, 2.75) is 31.7 Å². The Bertz CT molecular complexity index is 1020. The summed E-state index contributed by atoms with van der Waals surface area (Å²) >= 11 is 11.9. The summed E-state index contributed by atoms with van der Waals surface area (Å²) in [6.45, 7) is 0.259. The molecule has 0 radical (unpaired) electrons. The van der Waals surface area contributed by atoms with Crippen molar-refractivity contribution in [3.8, 4) is 0 Å². The minimum Gasteiger partial charge on any atom is -0.507 e. The van der Waals surface area contributed by atoms with E-state index in [0.717, 1.165) is 0 Å². The predicted octanol–water partition coefficient (Wildman–Crippen LogP) is 5.06. The van der Waals surface area contributed by atoms with Crippen LogP contribution in [0.2, 0.25) is 10.0 Å². The number of Topliss-reactive ketones (excluding diaryl/α,β-unsaturated/α-hetero) is 1. The van der Waals surface area contributed by atoms with Crippen LogP contribution in [0.1, 0.15) is 42.9 Å². The van der Waals surface area contributed by atoms with Crippen molar-refractivity contribution in [3.63, 3.8) is 0 Å². The lowest BCUT2D eigenvalue weighted by Gasteiger charge is -2.25. The van der Waals surface area contributed by atoms with Gasteiger partial charge in [-0.25, -0.2) is 0 Å². The number of aliphatic hydroxyl groups is 1. The second-order valence-corrected chi connectivity index (χ2v) is 8.13. The Morgan fingerprint density at radius 3 is 2.03 bits per heavy atom. The Kier molecular flexibility index (Phi) is 7.36. The number of carbonyl (C=O) groups excluding carboxylic acids is 2. The lowest BCUT2D eigenvalue weighted by atomic mass is 9.95. The molecule has 0 spiro atoms. The second kappa shape index (κ2) is 9.98. The first-order valence-electron chi connectivity index (χ1n) is 9.81. The number of hydrogen-bond donors (Lipinski definition) is 2. The summed E-state index contributed by atoms with van der Waals surface area (Å²) in [5, 5.41) is 20.7. The molecule has 0 aliphatic carbocycles. The van der Waals surface area contributed by atoms with Gasteiger partial charge in [-0.15, -0.1) is 0 Å². The molecule has 2 aromatic rings. The maximum absolute atomic E-state index is 12.9. The lowest BCUT2D eigenvalue weighted by Crippen LogP contribution is -2.30. The van der Waals surface area contributed by atoms with E-state index in [4.69, 9.17) is 28.3 Å². The third-order valence-corrected chi connectivity index (χ3v) is 5.64. The fourth-order valence-corrected chi connectivity index (χ4v) is 3.85. The fraction of sp³-hybridized carbons (Fsp3) is 0.261. The zero-order chi connectivity index (χ0) is 22.5. The summed E-state index contributed by atoms with van der Waals surface area (Å²) < 4.78 is 0. The number of rotatable bonds is 8.